The molecule has 2 aromatic carbocycles. The average molecular weight is 764 g/mol. The molecular formula is C41H61N7O7. The zero-order valence-corrected chi connectivity index (χ0v) is 33.8. The van der Waals surface area contributed by atoms with Crippen LogP contribution in [-0.2, 0) is 33.5 Å². The number of hydrogen-bond donors (Lipinski definition) is 6. The Bertz CT molecular complexity index is 1700. The van der Waals surface area contributed by atoms with Gasteiger partial charge in [-0.2, -0.15) is 0 Å². The van der Waals surface area contributed by atoms with Crippen molar-refractivity contribution in [1.29, 1.82) is 0 Å². The fourth-order valence-electron chi connectivity index (χ4n) is 6.72. The molecule has 302 valence electrons. The summed E-state index contributed by atoms with van der Waals surface area (Å²) in [6.45, 7) is 11.1. The molecule has 0 aromatic heterocycles. The summed E-state index contributed by atoms with van der Waals surface area (Å²) in [5.74, 6) is -3.58. The molecule has 55 heavy (non-hydrogen) atoms. The Labute approximate surface area is 325 Å². The zero-order valence-electron chi connectivity index (χ0n) is 33.8. The van der Waals surface area contributed by atoms with E-state index in [0.717, 1.165) is 16.3 Å². The molecule has 1 aliphatic heterocycles. The molecule has 0 spiro atoms. The van der Waals surface area contributed by atoms with E-state index < -0.39 is 72.0 Å². The van der Waals surface area contributed by atoms with Gasteiger partial charge in [-0.1, -0.05) is 83.9 Å². The van der Waals surface area contributed by atoms with Gasteiger partial charge in [-0.3, -0.25) is 28.8 Å². The summed E-state index contributed by atoms with van der Waals surface area (Å²) in [6, 6.07) is 9.60. The van der Waals surface area contributed by atoms with E-state index in [-0.39, 0.29) is 36.5 Å². The average Bonchev–Trinajstić information content (AvgIpc) is 3.61. The number of likely N-dealkylation sites (tertiary alicyclic amines) is 1. The number of carbonyl (C=O) groups excluding carboxylic acids is 6. The summed E-state index contributed by atoms with van der Waals surface area (Å²) in [5.41, 5.74) is 1.13. The van der Waals surface area contributed by atoms with Gasteiger partial charge in [0.1, 0.15) is 23.8 Å². The molecule has 6 N–H and O–H groups in total. The number of carbonyl (C=O) groups is 6. The van der Waals surface area contributed by atoms with Crippen LogP contribution in [0.15, 0.2) is 54.4 Å². The maximum absolute atomic E-state index is 14.2. The summed E-state index contributed by atoms with van der Waals surface area (Å²) in [6.07, 6.45) is 2.22. The van der Waals surface area contributed by atoms with Crippen molar-refractivity contribution in [3.8, 4) is 0 Å². The van der Waals surface area contributed by atoms with Crippen LogP contribution in [-0.4, -0.2) is 98.2 Å². The first-order chi connectivity index (χ1) is 26.2. The molecule has 7 atom stereocenters. The molecule has 4 unspecified atom stereocenters. The van der Waals surface area contributed by atoms with Crippen molar-refractivity contribution in [3.05, 3.63) is 59.9 Å². The number of nitrogens with zero attached hydrogens (tertiary/aromatic N) is 1. The number of likely N-dealkylation sites (N-methyl/N-ethyl adjacent to an activating group) is 1. The number of benzene rings is 2. The van der Waals surface area contributed by atoms with Crippen molar-refractivity contribution in [2.24, 2.45) is 11.8 Å². The molecular weight excluding hydrogens is 702 g/mol. The molecule has 0 radical (unpaired) electrons. The van der Waals surface area contributed by atoms with Crippen molar-refractivity contribution < 1.29 is 33.5 Å². The number of Topliss-reactive ketones (excluding diaryl/α,β-unsaturated/α-hetero) is 1. The van der Waals surface area contributed by atoms with Gasteiger partial charge in [0.15, 0.2) is 5.78 Å². The van der Waals surface area contributed by atoms with Crippen LogP contribution in [0.2, 0.25) is 0 Å². The van der Waals surface area contributed by atoms with Gasteiger partial charge in [0.25, 0.3) is 5.91 Å². The smallest absolute Gasteiger partial charge is 0.269 e. The molecule has 14 heteroatoms. The second-order valence-electron chi connectivity index (χ2n) is 14.7. The van der Waals surface area contributed by atoms with Crippen LogP contribution in [0.25, 0.3) is 10.8 Å². The standard InChI is InChI=1S/C41H61N7O7/c1-10-14-31(34(49)21-35(50)44-26(6)28-18-17-27-15-12-13-16-29(27)19-28)45-39(52)33-20-30(55-9)23-48(33)41(54)36(24(3)4)46-40(53)37(25(5)11-2)47-38(51)32(43-8)22-42-7/h12-13,15-19,22,24-26,30-31,33,36-37,42-43H,10-11,14,20-21,23H2,1-9H3,(H,44,50)(H,45,52)(H,46,53)(H,47,51)/b32-22-/t25?,26?,30-,31+,33?,36?,37+/m1/s1. The topological polar surface area (TPSA) is 187 Å². The summed E-state index contributed by atoms with van der Waals surface area (Å²) in [7, 11) is 4.74. The maximum atomic E-state index is 14.2. The minimum atomic E-state index is -1.03. The molecule has 5 amide bonds. The van der Waals surface area contributed by atoms with Crippen molar-refractivity contribution in [2.75, 3.05) is 27.7 Å². The Hall–Kier alpha value is -4.98. The lowest BCUT2D eigenvalue weighted by Gasteiger charge is -2.32. The van der Waals surface area contributed by atoms with Gasteiger partial charge in [-0.15, -0.1) is 0 Å². The van der Waals surface area contributed by atoms with Gasteiger partial charge in [-0.25, -0.2) is 0 Å². The lowest BCUT2D eigenvalue weighted by Crippen LogP contribution is -2.60. The van der Waals surface area contributed by atoms with Crippen LogP contribution >= 0.6 is 0 Å². The third kappa shape index (κ3) is 12.0. The third-order valence-corrected chi connectivity index (χ3v) is 10.3. The zero-order chi connectivity index (χ0) is 40.8. The van der Waals surface area contributed by atoms with E-state index in [9.17, 15) is 28.8 Å². The number of nitrogens with one attached hydrogen (secondary N) is 6. The van der Waals surface area contributed by atoms with Crippen molar-refractivity contribution in [3.63, 3.8) is 0 Å². The summed E-state index contributed by atoms with van der Waals surface area (Å²) >= 11 is 0. The van der Waals surface area contributed by atoms with Gasteiger partial charge < -0.3 is 41.5 Å². The molecule has 14 nitrogen and oxygen atoms in total. The third-order valence-electron chi connectivity index (χ3n) is 10.3. The molecule has 1 saturated heterocycles. The van der Waals surface area contributed by atoms with Crippen LogP contribution in [0.5, 0.6) is 0 Å². The van der Waals surface area contributed by atoms with Gasteiger partial charge in [0.2, 0.25) is 23.6 Å². The van der Waals surface area contributed by atoms with Gasteiger partial charge >= 0.3 is 0 Å². The summed E-state index contributed by atoms with van der Waals surface area (Å²) in [5, 5.41) is 19.1. The lowest BCUT2D eigenvalue weighted by atomic mass is 9.96. The first kappa shape index (κ1) is 44.4. The second kappa shape index (κ2) is 21.2. The molecule has 1 fully saturated rings. The van der Waals surface area contributed by atoms with E-state index in [1.54, 1.807) is 27.9 Å². The number of amides is 5. The second-order valence-corrected chi connectivity index (χ2v) is 14.7. The lowest BCUT2D eigenvalue weighted by molar-refractivity contribution is -0.143. The number of methoxy groups -OCH3 is 1. The summed E-state index contributed by atoms with van der Waals surface area (Å²) < 4.78 is 5.58. The van der Waals surface area contributed by atoms with Crippen LogP contribution in [0.1, 0.15) is 85.3 Å². The van der Waals surface area contributed by atoms with Crippen molar-refractivity contribution >= 4 is 46.1 Å². The van der Waals surface area contributed by atoms with Gasteiger partial charge in [0.05, 0.1) is 24.6 Å². The molecule has 0 bridgehead atoms. The Morgan fingerprint density at radius 3 is 2.18 bits per heavy atom. The largest absolute Gasteiger partial charge is 0.392 e. The highest BCUT2D eigenvalue weighted by atomic mass is 16.5. The molecule has 2 aromatic rings. The fraction of sp³-hybridized carbons (Fsp3) is 0.561. The predicted molar refractivity (Wildman–Crippen MR) is 212 cm³/mol. The van der Waals surface area contributed by atoms with E-state index >= 15 is 0 Å². The molecule has 1 aliphatic rings. The van der Waals surface area contributed by atoms with Crippen LogP contribution in [0.3, 0.4) is 0 Å². The van der Waals surface area contributed by atoms with Gasteiger partial charge in [-0.05, 0) is 47.6 Å². The first-order valence-electron chi connectivity index (χ1n) is 19.3. The number of fused-ring (bicyclic) bond motifs is 1. The number of ether oxygens (including phenoxy) is 1. The SMILES string of the molecule is CCC[C@H](NC(=O)C1C[C@@H](OC)CN1C(=O)C(NC(=O)[C@@H](NC(=O)/C(=C/NC)NC)C(C)CC)C(C)C)C(=O)CC(=O)NC(C)c1ccc2ccccc2c1. The van der Waals surface area contributed by atoms with Crippen molar-refractivity contribution in [2.45, 2.75) is 110 Å². The van der Waals surface area contributed by atoms with E-state index in [1.807, 2.05) is 70.2 Å². The monoisotopic (exact) mass is 763 g/mol. The highest BCUT2D eigenvalue weighted by molar-refractivity contribution is 6.03. The Morgan fingerprint density at radius 2 is 1.58 bits per heavy atom. The number of ketones is 1. The first-order valence-corrected chi connectivity index (χ1v) is 19.3. The van der Waals surface area contributed by atoms with Crippen LogP contribution in [0.4, 0.5) is 0 Å². The quantitative estimate of drug-likeness (QED) is 0.0872. The molecule has 0 aliphatic carbocycles. The Kier molecular flexibility index (Phi) is 17.1. The van der Waals surface area contributed by atoms with E-state index in [2.05, 4.69) is 31.9 Å². The van der Waals surface area contributed by atoms with E-state index in [4.69, 9.17) is 4.74 Å². The molecule has 1 heterocycles. The Balaban J connectivity index is 1.73. The minimum absolute atomic E-state index is 0.0971. The van der Waals surface area contributed by atoms with Gasteiger partial charge in [0, 0.05) is 40.4 Å². The number of hydrogen-bond acceptors (Lipinski definition) is 9. The fourth-order valence-corrected chi connectivity index (χ4v) is 6.72. The number of rotatable bonds is 20. The Morgan fingerprint density at radius 1 is 0.891 bits per heavy atom. The minimum Gasteiger partial charge on any atom is -0.392 e. The van der Waals surface area contributed by atoms with Crippen LogP contribution < -0.4 is 31.9 Å². The molecule has 3 rings (SSSR count). The van der Waals surface area contributed by atoms with E-state index in [1.165, 1.54) is 18.2 Å². The highest BCUT2D eigenvalue weighted by Crippen LogP contribution is 2.24. The van der Waals surface area contributed by atoms with Crippen molar-refractivity contribution in [1.82, 2.24) is 36.8 Å². The highest BCUT2D eigenvalue weighted by Gasteiger charge is 2.44. The molecule has 0 saturated carbocycles. The maximum Gasteiger partial charge on any atom is 0.269 e. The van der Waals surface area contributed by atoms with Crippen LogP contribution in [0, 0.1) is 11.8 Å². The predicted octanol–water partition coefficient (Wildman–Crippen LogP) is 2.83. The normalized spacial score (nSPS) is 18.4. The summed E-state index contributed by atoms with van der Waals surface area (Å²) in [4.78, 5) is 82.9. The van der Waals surface area contributed by atoms with E-state index in [0.29, 0.717) is 19.3 Å².